The molecule has 0 spiro atoms. The highest BCUT2D eigenvalue weighted by Crippen LogP contribution is 2.04. The molecule has 0 saturated carbocycles. The summed E-state index contributed by atoms with van der Waals surface area (Å²) in [5.74, 6) is -0.796. The lowest BCUT2D eigenvalue weighted by Crippen LogP contribution is -2.52. The summed E-state index contributed by atoms with van der Waals surface area (Å²) in [6.07, 6.45) is 1.08. The molecule has 2 N–H and O–H groups in total. The molecule has 0 aliphatic carbocycles. The Morgan fingerprint density at radius 1 is 0.963 bits per heavy atom. The van der Waals surface area contributed by atoms with Crippen molar-refractivity contribution in [2.75, 3.05) is 6.61 Å². The predicted octanol–water partition coefficient (Wildman–Crippen LogP) is 1.63. The van der Waals surface area contributed by atoms with E-state index in [1.165, 1.54) is 6.92 Å². The molecule has 142 valence electrons. The number of nitrogens with one attached hydrogen (secondary N) is 2. The Morgan fingerprint density at radius 3 is 2.11 bits per heavy atom. The fourth-order valence-electron chi connectivity index (χ4n) is 2.58. The molecule has 0 radical (unpaired) electrons. The van der Waals surface area contributed by atoms with Crippen LogP contribution in [0.5, 0.6) is 0 Å². The summed E-state index contributed by atoms with van der Waals surface area (Å²) in [6.45, 7) is 1.67. The first-order valence-electron chi connectivity index (χ1n) is 8.77. The van der Waals surface area contributed by atoms with Crippen molar-refractivity contribution >= 4 is 18.1 Å². The van der Waals surface area contributed by atoms with Crippen LogP contribution in [0.3, 0.4) is 0 Å². The van der Waals surface area contributed by atoms with Gasteiger partial charge < -0.3 is 20.2 Å². The molecule has 0 aromatic heterocycles. The van der Waals surface area contributed by atoms with E-state index in [1.807, 2.05) is 60.7 Å². The summed E-state index contributed by atoms with van der Waals surface area (Å²) >= 11 is 0. The van der Waals surface area contributed by atoms with Gasteiger partial charge in [-0.1, -0.05) is 60.7 Å². The van der Waals surface area contributed by atoms with E-state index >= 15 is 0 Å². The predicted molar refractivity (Wildman–Crippen MR) is 102 cm³/mol. The van der Waals surface area contributed by atoms with Crippen molar-refractivity contribution in [1.82, 2.24) is 10.6 Å². The van der Waals surface area contributed by atoms with Crippen LogP contribution in [0, 0.1) is 0 Å². The maximum absolute atomic E-state index is 12.5. The first kappa shape index (κ1) is 20.3. The first-order valence-corrected chi connectivity index (χ1v) is 8.77. The van der Waals surface area contributed by atoms with Gasteiger partial charge in [0.1, 0.15) is 12.3 Å². The number of rotatable bonds is 10. The molecule has 0 aliphatic heterocycles. The SMILES string of the molecule is CC(=O)N[C@H](COCc1ccccc1)C(=O)N[C@H](C=O)Cc1ccccc1. The average molecular weight is 368 g/mol. The molecule has 6 heteroatoms. The summed E-state index contributed by atoms with van der Waals surface area (Å²) < 4.78 is 5.57. The standard InChI is InChI=1S/C21H24N2O4/c1-16(25)22-20(15-27-14-18-10-6-3-7-11-18)21(26)23-19(13-24)12-17-8-4-2-5-9-17/h2-11,13,19-20H,12,14-15H2,1H3,(H,22,25)(H,23,26)/t19-,20+/m0/s1. The molecule has 27 heavy (non-hydrogen) atoms. The Morgan fingerprint density at radius 2 is 1.56 bits per heavy atom. The maximum atomic E-state index is 12.5. The van der Waals surface area contributed by atoms with Crippen molar-refractivity contribution in [2.24, 2.45) is 0 Å². The Bertz CT molecular complexity index is 734. The van der Waals surface area contributed by atoms with Crippen LogP contribution in [0.1, 0.15) is 18.1 Å². The Balaban J connectivity index is 1.91. The van der Waals surface area contributed by atoms with E-state index in [4.69, 9.17) is 4.74 Å². The van der Waals surface area contributed by atoms with Crippen LogP contribution in [-0.2, 0) is 32.1 Å². The highest BCUT2D eigenvalue weighted by atomic mass is 16.5. The van der Waals surface area contributed by atoms with Gasteiger partial charge in [-0.3, -0.25) is 9.59 Å². The van der Waals surface area contributed by atoms with E-state index in [0.717, 1.165) is 11.1 Å². The lowest BCUT2D eigenvalue weighted by molar-refractivity contribution is -0.131. The second-order valence-electron chi connectivity index (χ2n) is 6.19. The minimum atomic E-state index is -0.871. The van der Waals surface area contributed by atoms with Crippen molar-refractivity contribution in [3.05, 3.63) is 71.8 Å². The number of hydrogen-bond acceptors (Lipinski definition) is 4. The number of ether oxygens (including phenoxy) is 1. The third kappa shape index (κ3) is 7.42. The van der Waals surface area contributed by atoms with Crippen LogP contribution >= 0.6 is 0 Å². The number of hydrogen-bond donors (Lipinski definition) is 2. The second-order valence-corrected chi connectivity index (χ2v) is 6.19. The minimum Gasteiger partial charge on any atom is -0.374 e. The largest absolute Gasteiger partial charge is 0.374 e. The molecular formula is C21H24N2O4. The van der Waals surface area contributed by atoms with Gasteiger partial charge in [0.15, 0.2) is 0 Å². The molecule has 2 aromatic carbocycles. The lowest BCUT2D eigenvalue weighted by atomic mass is 10.1. The highest BCUT2D eigenvalue weighted by molar-refractivity contribution is 5.88. The molecule has 2 amide bonds. The van der Waals surface area contributed by atoms with Gasteiger partial charge in [-0.05, 0) is 17.5 Å². The van der Waals surface area contributed by atoms with E-state index in [9.17, 15) is 14.4 Å². The van der Waals surface area contributed by atoms with E-state index in [1.54, 1.807) is 0 Å². The van der Waals surface area contributed by atoms with Crippen LogP contribution in [0.15, 0.2) is 60.7 Å². The van der Waals surface area contributed by atoms with E-state index in [0.29, 0.717) is 19.3 Å². The number of aldehydes is 1. The monoisotopic (exact) mass is 368 g/mol. The van der Waals surface area contributed by atoms with Crippen molar-refractivity contribution < 1.29 is 19.1 Å². The van der Waals surface area contributed by atoms with Gasteiger partial charge >= 0.3 is 0 Å². The number of carbonyl (C=O) groups excluding carboxylic acids is 3. The number of benzene rings is 2. The highest BCUT2D eigenvalue weighted by Gasteiger charge is 2.22. The summed E-state index contributed by atoms with van der Waals surface area (Å²) in [4.78, 5) is 35.3. The average Bonchev–Trinajstić information content (AvgIpc) is 2.68. The second kappa shape index (κ2) is 10.9. The number of amides is 2. The number of carbonyl (C=O) groups is 3. The zero-order valence-corrected chi connectivity index (χ0v) is 15.3. The van der Waals surface area contributed by atoms with Crippen molar-refractivity contribution in [2.45, 2.75) is 32.0 Å². The van der Waals surface area contributed by atoms with Crippen molar-refractivity contribution in [3.63, 3.8) is 0 Å². The molecule has 2 aromatic rings. The Labute approximate surface area is 158 Å². The zero-order valence-electron chi connectivity index (χ0n) is 15.3. The fourth-order valence-corrected chi connectivity index (χ4v) is 2.58. The van der Waals surface area contributed by atoms with E-state index in [-0.39, 0.29) is 12.5 Å². The molecule has 0 aliphatic rings. The molecule has 2 atom stereocenters. The van der Waals surface area contributed by atoms with Crippen molar-refractivity contribution in [3.8, 4) is 0 Å². The molecule has 0 saturated heterocycles. The topological polar surface area (TPSA) is 84.5 Å². The molecular weight excluding hydrogens is 344 g/mol. The third-order valence-electron chi connectivity index (χ3n) is 3.88. The Hall–Kier alpha value is -2.99. The van der Waals surface area contributed by atoms with Crippen LogP contribution in [0.25, 0.3) is 0 Å². The summed E-state index contributed by atoms with van der Waals surface area (Å²) in [7, 11) is 0. The zero-order chi connectivity index (χ0) is 19.5. The normalized spacial score (nSPS) is 12.6. The van der Waals surface area contributed by atoms with Gasteiger partial charge in [-0.25, -0.2) is 0 Å². The van der Waals surface area contributed by atoms with Crippen LogP contribution < -0.4 is 10.6 Å². The first-order chi connectivity index (χ1) is 13.1. The van der Waals surface area contributed by atoms with Crippen LogP contribution in [0.4, 0.5) is 0 Å². The molecule has 0 heterocycles. The molecule has 0 unspecified atom stereocenters. The lowest BCUT2D eigenvalue weighted by Gasteiger charge is -2.20. The quantitative estimate of drug-likeness (QED) is 0.625. The van der Waals surface area contributed by atoms with Crippen LogP contribution in [-0.4, -0.2) is 36.8 Å². The van der Waals surface area contributed by atoms with Gasteiger partial charge in [0, 0.05) is 6.92 Å². The molecule has 0 bridgehead atoms. The summed E-state index contributed by atoms with van der Waals surface area (Å²) in [6, 6.07) is 17.4. The summed E-state index contributed by atoms with van der Waals surface area (Å²) in [5.41, 5.74) is 1.90. The summed E-state index contributed by atoms with van der Waals surface area (Å²) in [5, 5.41) is 5.23. The van der Waals surface area contributed by atoms with Gasteiger partial charge in [0.2, 0.25) is 11.8 Å². The smallest absolute Gasteiger partial charge is 0.245 e. The minimum absolute atomic E-state index is 0.0111. The van der Waals surface area contributed by atoms with Gasteiger partial charge in [-0.2, -0.15) is 0 Å². The van der Waals surface area contributed by atoms with Crippen LogP contribution in [0.2, 0.25) is 0 Å². The third-order valence-corrected chi connectivity index (χ3v) is 3.88. The molecule has 0 fully saturated rings. The maximum Gasteiger partial charge on any atom is 0.245 e. The fraction of sp³-hybridized carbons (Fsp3) is 0.286. The molecule has 6 nitrogen and oxygen atoms in total. The molecule has 2 rings (SSSR count). The van der Waals surface area contributed by atoms with Gasteiger partial charge in [0.05, 0.1) is 19.3 Å². The van der Waals surface area contributed by atoms with Gasteiger partial charge in [0.25, 0.3) is 0 Å². The van der Waals surface area contributed by atoms with Gasteiger partial charge in [-0.15, -0.1) is 0 Å². The van der Waals surface area contributed by atoms with E-state index < -0.39 is 18.0 Å². The van der Waals surface area contributed by atoms with E-state index in [2.05, 4.69) is 10.6 Å². The Kier molecular flexibility index (Phi) is 8.19. The van der Waals surface area contributed by atoms with Crippen molar-refractivity contribution in [1.29, 1.82) is 0 Å².